The molecule has 1 saturated heterocycles. The van der Waals surface area contributed by atoms with Crippen LogP contribution in [0.4, 0.5) is 4.39 Å². The predicted molar refractivity (Wildman–Crippen MR) is 73.3 cm³/mol. The van der Waals surface area contributed by atoms with Crippen molar-refractivity contribution in [2.45, 2.75) is 25.4 Å². The van der Waals surface area contributed by atoms with E-state index in [0.717, 1.165) is 12.5 Å². The lowest BCUT2D eigenvalue weighted by Crippen LogP contribution is -2.49. The first kappa shape index (κ1) is 15.1. The Morgan fingerprint density at radius 2 is 2.35 bits per heavy atom. The second kappa shape index (κ2) is 5.97. The fourth-order valence-electron chi connectivity index (χ4n) is 2.26. The van der Waals surface area contributed by atoms with Gasteiger partial charge in [-0.1, -0.05) is 11.6 Å². The van der Waals surface area contributed by atoms with Gasteiger partial charge in [0.05, 0.1) is 10.6 Å². The van der Waals surface area contributed by atoms with Crippen molar-refractivity contribution in [3.63, 3.8) is 0 Å². The number of halogens is 2. The van der Waals surface area contributed by atoms with Gasteiger partial charge in [-0.05, 0) is 38.0 Å². The van der Waals surface area contributed by atoms with Crippen molar-refractivity contribution >= 4 is 17.5 Å². The number of hydrogen-bond donors (Lipinski definition) is 1. The number of β-amino-alcohol motifs (C(OH)–C–C–N with tert-alkyl or cyclic N) is 1. The van der Waals surface area contributed by atoms with Crippen LogP contribution in [0.5, 0.6) is 5.75 Å². The second-order valence-electron chi connectivity index (χ2n) is 5.28. The molecule has 0 radical (unpaired) electrons. The highest BCUT2D eigenvalue weighted by atomic mass is 35.5. The van der Waals surface area contributed by atoms with Crippen LogP contribution in [-0.2, 0) is 4.79 Å². The maximum atomic E-state index is 12.9. The van der Waals surface area contributed by atoms with Crippen LogP contribution >= 0.6 is 11.6 Å². The average Bonchev–Trinajstić information content (AvgIpc) is 2.36. The highest BCUT2D eigenvalue weighted by Gasteiger charge is 2.30. The molecular formula is C14H17ClFNO3. The van der Waals surface area contributed by atoms with Gasteiger partial charge in [0.2, 0.25) is 0 Å². The normalized spacial score (nSPS) is 22.7. The van der Waals surface area contributed by atoms with Crippen molar-refractivity contribution in [2.24, 2.45) is 0 Å². The minimum atomic E-state index is -0.846. The molecule has 2 rings (SSSR count). The van der Waals surface area contributed by atoms with Crippen molar-refractivity contribution in [3.05, 3.63) is 29.0 Å². The Balaban J connectivity index is 1.92. The number of carbonyl (C=O) groups is 1. The lowest BCUT2D eigenvalue weighted by Gasteiger charge is -2.36. The summed E-state index contributed by atoms with van der Waals surface area (Å²) in [7, 11) is 0. The second-order valence-corrected chi connectivity index (χ2v) is 5.69. The van der Waals surface area contributed by atoms with E-state index in [1.165, 1.54) is 12.1 Å². The molecule has 110 valence electrons. The predicted octanol–water partition coefficient (Wildman–Crippen LogP) is 2.23. The van der Waals surface area contributed by atoms with E-state index in [0.29, 0.717) is 19.5 Å². The standard InChI is InChI=1S/C14H17ClFNO3/c1-14(19)5-2-6-17(9-14)13(18)8-20-12-4-3-10(16)7-11(12)15/h3-4,7,19H,2,5-6,8-9H2,1H3. The van der Waals surface area contributed by atoms with E-state index < -0.39 is 11.4 Å². The largest absolute Gasteiger partial charge is 0.482 e. The third kappa shape index (κ3) is 3.84. The number of piperidine rings is 1. The van der Waals surface area contributed by atoms with Gasteiger partial charge >= 0.3 is 0 Å². The fraction of sp³-hybridized carbons (Fsp3) is 0.500. The zero-order chi connectivity index (χ0) is 14.8. The summed E-state index contributed by atoms with van der Waals surface area (Å²) in [6.07, 6.45) is 1.44. The van der Waals surface area contributed by atoms with Crippen molar-refractivity contribution in [2.75, 3.05) is 19.7 Å². The van der Waals surface area contributed by atoms with Gasteiger partial charge in [-0.25, -0.2) is 4.39 Å². The number of likely N-dealkylation sites (tertiary alicyclic amines) is 1. The van der Waals surface area contributed by atoms with Gasteiger partial charge in [-0.15, -0.1) is 0 Å². The molecule has 0 aromatic heterocycles. The molecule has 1 aromatic carbocycles. The van der Waals surface area contributed by atoms with Gasteiger partial charge in [0.25, 0.3) is 5.91 Å². The molecule has 1 aliphatic rings. The van der Waals surface area contributed by atoms with Crippen molar-refractivity contribution in [1.29, 1.82) is 0 Å². The zero-order valence-corrected chi connectivity index (χ0v) is 12.0. The van der Waals surface area contributed by atoms with Gasteiger partial charge in [0.1, 0.15) is 11.6 Å². The summed E-state index contributed by atoms with van der Waals surface area (Å²) < 4.78 is 18.2. The topological polar surface area (TPSA) is 49.8 Å². The summed E-state index contributed by atoms with van der Waals surface area (Å²) in [6, 6.07) is 3.74. The molecule has 0 spiro atoms. The number of ether oxygens (including phenoxy) is 1. The van der Waals surface area contributed by atoms with Gasteiger partial charge in [-0.2, -0.15) is 0 Å². The van der Waals surface area contributed by atoms with Crippen LogP contribution in [0, 0.1) is 5.82 Å². The Labute approximate surface area is 122 Å². The molecule has 0 bridgehead atoms. The van der Waals surface area contributed by atoms with Crippen LogP contribution in [0.2, 0.25) is 5.02 Å². The van der Waals surface area contributed by atoms with E-state index in [9.17, 15) is 14.3 Å². The smallest absolute Gasteiger partial charge is 0.260 e. The molecule has 1 aromatic rings. The Hall–Kier alpha value is -1.33. The molecule has 1 atom stereocenters. The first-order valence-corrected chi connectivity index (χ1v) is 6.83. The number of rotatable bonds is 3. The number of aliphatic hydroxyl groups is 1. The van der Waals surface area contributed by atoms with Gasteiger partial charge in [-0.3, -0.25) is 4.79 Å². The zero-order valence-electron chi connectivity index (χ0n) is 11.2. The third-order valence-electron chi connectivity index (χ3n) is 3.27. The number of nitrogens with zero attached hydrogens (tertiary/aromatic N) is 1. The highest BCUT2D eigenvalue weighted by molar-refractivity contribution is 6.32. The average molecular weight is 302 g/mol. The summed E-state index contributed by atoms with van der Waals surface area (Å²) in [5.74, 6) is -0.406. The summed E-state index contributed by atoms with van der Waals surface area (Å²) in [6.45, 7) is 2.44. The molecule has 0 saturated carbocycles. The maximum absolute atomic E-state index is 12.9. The fourth-order valence-corrected chi connectivity index (χ4v) is 2.48. The van der Waals surface area contributed by atoms with Crippen LogP contribution < -0.4 is 4.74 Å². The van der Waals surface area contributed by atoms with Crippen LogP contribution in [0.3, 0.4) is 0 Å². The Morgan fingerprint density at radius 3 is 3.00 bits per heavy atom. The van der Waals surface area contributed by atoms with Crippen molar-refractivity contribution < 1.29 is 19.0 Å². The molecule has 1 heterocycles. The lowest BCUT2D eigenvalue weighted by molar-refractivity contribution is -0.139. The molecule has 1 aliphatic heterocycles. The van der Waals surface area contributed by atoms with E-state index in [1.807, 2.05) is 0 Å². The van der Waals surface area contributed by atoms with Crippen LogP contribution in [0.15, 0.2) is 18.2 Å². The molecular weight excluding hydrogens is 285 g/mol. The van der Waals surface area contributed by atoms with E-state index in [4.69, 9.17) is 16.3 Å². The maximum Gasteiger partial charge on any atom is 0.260 e. The van der Waals surface area contributed by atoms with E-state index in [2.05, 4.69) is 0 Å². The van der Waals surface area contributed by atoms with E-state index in [1.54, 1.807) is 11.8 Å². The Kier molecular flexibility index (Phi) is 4.50. The molecule has 1 amide bonds. The van der Waals surface area contributed by atoms with Gasteiger partial charge < -0.3 is 14.7 Å². The van der Waals surface area contributed by atoms with Crippen molar-refractivity contribution in [3.8, 4) is 5.75 Å². The minimum Gasteiger partial charge on any atom is -0.482 e. The van der Waals surface area contributed by atoms with Gasteiger partial charge in [0, 0.05) is 13.1 Å². The summed E-state index contributed by atoms with van der Waals surface area (Å²) in [5, 5.41) is 10.1. The van der Waals surface area contributed by atoms with Gasteiger partial charge in [0.15, 0.2) is 6.61 Å². The van der Waals surface area contributed by atoms with Crippen molar-refractivity contribution in [1.82, 2.24) is 4.90 Å². The summed E-state index contributed by atoms with van der Waals surface area (Å²) in [5.41, 5.74) is -0.846. The highest BCUT2D eigenvalue weighted by Crippen LogP contribution is 2.25. The Bertz CT molecular complexity index is 507. The SMILES string of the molecule is CC1(O)CCCN(C(=O)COc2ccc(F)cc2Cl)C1. The first-order chi connectivity index (χ1) is 9.37. The van der Waals surface area contributed by atoms with Crippen LogP contribution in [-0.4, -0.2) is 41.2 Å². The monoisotopic (exact) mass is 301 g/mol. The number of hydrogen-bond acceptors (Lipinski definition) is 3. The molecule has 1 fully saturated rings. The first-order valence-electron chi connectivity index (χ1n) is 6.45. The molecule has 1 unspecified atom stereocenters. The third-order valence-corrected chi connectivity index (χ3v) is 3.57. The molecule has 6 heteroatoms. The minimum absolute atomic E-state index is 0.128. The summed E-state index contributed by atoms with van der Waals surface area (Å²) in [4.78, 5) is 13.6. The molecule has 0 aliphatic carbocycles. The quantitative estimate of drug-likeness (QED) is 0.931. The number of carbonyl (C=O) groups excluding carboxylic acids is 1. The summed E-state index contributed by atoms with van der Waals surface area (Å²) >= 11 is 5.81. The van der Waals surface area contributed by atoms with Crippen LogP contribution in [0.25, 0.3) is 0 Å². The molecule has 20 heavy (non-hydrogen) atoms. The number of benzene rings is 1. The lowest BCUT2D eigenvalue weighted by atomic mass is 9.95. The molecule has 1 N–H and O–H groups in total. The molecule has 4 nitrogen and oxygen atoms in total. The Morgan fingerprint density at radius 1 is 1.60 bits per heavy atom. The van der Waals surface area contributed by atoms with E-state index in [-0.39, 0.29) is 23.3 Å². The number of amides is 1. The van der Waals surface area contributed by atoms with E-state index >= 15 is 0 Å². The van der Waals surface area contributed by atoms with Crippen LogP contribution in [0.1, 0.15) is 19.8 Å².